The lowest BCUT2D eigenvalue weighted by atomic mass is 10.1. The summed E-state index contributed by atoms with van der Waals surface area (Å²) in [7, 11) is 0. The van der Waals surface area contributed by atoms with Crippen LogP contribution >= 0.6 is 0 Å². The number of benzene rings is 1. The van der Waals surface area contributed by atoms with Gasteiger partial charge in [0, 0.05) is 0 Å². The van der Waals surface area contributed by atoms with Crippen LogP contribution < -0.4 is 5.32 Å². The number of aromatic carboxylic acids is 1. The highest BCUT2D eigenvalue weighted by molar-refractivity contribution is 6.05. The van der Waals surface area contributed by atoms with Crippen molar-refractivity contribution in [1.82, 2.24) is 9.78 Å². The van der Waals surface area contributed by atoms with E-state index in [1.54, 1.807) is 4.68 Å². The number of rotatable bonds is 4. The molecular weight excluding hydrogens is 313 g/mol. The number of nitrogens with one attached hydrogen (secondary N) is 1. The SMILES string of the molecule is CCc1c(C(=O)Nc2cc(C(=O)O)ccc2F)cnn1C(C)(C)C. The quantitative estimate of drug-likeness (QED) is 0.899. The zero-order valence-corrected chi connectivity index (χ0v) is 14.1. The van der Waals surface area contributed by atoms with Gasteiger partial charge in [-0.15, -0.1) is 0 Å². The van der Waals surface area contributed by atoms with Gasteiger partial charge in [-0.2, -0.15) is 5.10 Å². The minimum Gasteiger partial charge on any atom is -0.478 e. The van der Waals surface area contributed by atoms with Crippen LogP contribution in [-0.4, -0.2) is 26.8 Å². The molecule has 0 aliphatic heterocycles. The predicted molar refractivity (Wildman–Crippen MR) is 87.9 cm³/mol. The fraction of sp³-hybridized carbons (Fsp3) is 0.353. The molecule has 0 fully saturated rings. The summed E-state index contributed by atoms with van der Waals surface area (Å²) in [5, 5.41) is 15.7. The minimum atomic E-state index is -1.19. The van der Waals surface area contributed by atoms with E-state index in [4.69, 9.17) is 5.11 Å². The highest BCUT2D eigenvalue weighted by atomic mass is 19.1. The summed E-state index contributed by atoms with van der Waals surface area (Å²) in [5.74, 6) is -2.42. The van der Waals surface area contributed by atoms with E-state index >= 15 is 0 Å². The highest BCUT2D eigenvalue weighted by Gasteiger charge is 2.23. The Kier molecular flexibility index (Phi) is 4.73. The molecule has 2 aromatic rings. The van der Waals surface area contributed by atoms with Crippen LogP contribution in [0.2, 0.25) is 0 Å². The number of halogens is 1. The van der Waals surface area contributed by atoms with Gasteiger partial charge in [-0.25, -0.2) is 9.18 Å². The normalized spacial score (nSPS) is 11.4. The number of carbonyl (C=O) groups excluding carboxylic acids is 1. The maximum atomic E-state index is 13.9. The van der Waals surface area contributed by atoms with Crippen LogP contribution in [0.3, 0.4) is 0 Å². The van der Waals surface area contributed by atoms with Gasteiger partial charge in [0.05, 0.1) is 34.2 Å². The number of amides is 1. The van der Waals surface area contributed by atoms with E-state index < -0.39 is 17.7 Å². The monoisotopic (exact) mass is 333 g/mol. The number of carboxylic acids is 1. The first-order valence-electron chi connectivity index (χ1n) is 7.56. The van der Waals surface area contributed by atoms with Gasteiger partial charge in [0.25, 0.3) is 5.91 Å². The lowest BCUT2D eigenvalue weighted by molar-refractivity contribution is 0.0696. The van der Waals surface area contributed by atoms with E-state index in [-0.39, 0.29) is 16.8 Å². The van der Waals surface area contributed by atoms with Crippen molar-refractivity contribution in [3.8, 4) is 0 Å². The van der Waals surface area contributed by atoms with Crippen LogP contribution in [0.25, 0.3) is 0 Å². The summed E-state index contributed by atoms with van der Waals surface area (Å²) in [6, 6.07) is 3.25. The number of carboxylic acid groups (broad SMARTS) is 1. The Bertz CT molecular complexity index is 791. The summed E-state index contributed by atoms with van der Waals surface area (Å²) in [4.78, 5) is 23.5. The highest BCUT2D eigenvalue weighted by Crippen LogP contribution is 2.22. The molecule has 0 unspecified atom stereocenters. The summed E-state index contributed by atoms with van der Waals surface area (Å²) in [6.45, 7) is 7.81. The van der Waals surface area contributed by atoms with E-state index in [0.29, 0.717) is 12.0 Å². The average Bonchev–Trinajstić information content (AvgIpc) is 2.93. The molecule has 0 bridgehead atoms. The molecule has 1 aromatic heterocycles. The standard InChI is InChI=1S/C17H20FN3O3/c1-5-14-11(9-19-21(14)17(2,3)4)15(22)20-13-8-10(16(23)24)6-7-12(13)18/h6-9H,5H2,1-4H3,(H,20,22)(H,23,24). The van der Waals surface area contributed by atoms with Gasteiger partial charge in [-0.1, -0.05) is 6.92 Å². The fourth-order valence-electron chi connectivity index (χ4n) is 2.43. The molecule has 0 spiro atoms. The molecule has 0 aliphatic rings. The van der Waals surface area contributed by atoms with E-state index in [9.17, 15) is 14.0 Å². The van der Waals surface area contributed by atoms with Crippen LogP contribution in [0.15, 0.2) is 24.4 Å². The van der Waals surface area contributed by atoms with E-state index in [2.05, 4.69) is 10.4 Å². The van der Waals surface area contributed by atoms with Crippen molar-refractivity contribution >= 4 is 17.6 Å². The number of hydrogen-bond acceptors (Lipinski definition) is 3. The van der Waals surface area contributed by atoms with Crippen LogP contribution in [-0.2, 0) is 12.0 Å². The maximum Gasteiger partial charge on any atom is 0.335 e. The molecule has 0 saturated carbocycles. The van der Waals surface area contributed by atoms with E-state index in [0.717, 1.165) is 23.9 Å². The fourth-order valence-corrected chi connectivity index (χ4v) is 2.43. The first-order chi connectivity index (χ1) is 11.1. The van der Waals surface area contributed by atoms with Gasteiger partial charge < -0.3 is 10.4 Å². The van der Waals surface area contributed by atoms with Crippen molar-refractivity contribution in [3.05, 3.63) is 47.0 Å². The van der Waals surface area contributed by atoms with E-state index in [1.165, 1.54) is 6.20 Å². The minimum absolute atomic E-state index is 0.104. The van der Waals surface area contributed by atoms with Crippen molar-refractivity contribution in [3.63, 3.8) is 0 Å². The topological polar surface area (TPSA) is 84.2 Å². The molecule has 0 saturated heterocycles. The van der Waals surface area contributed by atoms with Crippen LogP contribution in [0.5, 0.6) is 0 Å². The Morgan fingerprint density at radius 2 is 2.00 bits per heavy atom. The van der Waals surface area contributed by atoms with Crippen molar-refractivity contribution < 1.29 is 19.1 Å². The first kappa shape index (κ1) is 17.7. The van der Waals surface area contributed by atoms with Crippen molar-refractivity contribution in [1.29, 1.82) is 0 Å². The first-order valence-corrected chi connectivity index (χ1v) is 7.56. The van der Waals surface area contributed by atoms with Crippen LogP contribution in [0.1, 0.15) is 54.1 Å². The molecule has 2 rings (SSSR count). The van der Waals surface area contributed by atoms with Gasteiger partial charge in [-0.3, -0.25) is 9.48 Å². The van der Waals surface area contributed by atoms with Gasteiger partial charge in [0.15, 0.2) is 0 Å². The number of nitrogens with zero attached hydrogens (tertiary/aromatic N) is 2. The molecule has 2 N–H and O–H groups in total. The predicted octanol–water partition coefficient (Wildman–Crippen LogP) is 3.29. The summed E-state index contributed by atoms with van der Waals surface area (Å²) in [6.07, 6.45) is 2.02. The second-order valence-electron chi connectivity index (χ2n) is 6.40. The van der Waals surface area contributed by atoms with Crippen molar-refractivity contribution in [2.24, 2.45) is 0 Å². The molecular formula is C17H20FN3O3. The van der Waals surface area contributed by atoms with Gasteiger partial charge >= 0.3 is 5.97 Å². The maximum absolute atomic E-state index is 13.9. The van der Waals surface area contributed by atoms with Gasteiger partial charge in [0.1, 0.15) is 5.82 Å². The van der Waals surface area contributed by atoms with Crippen molar-refractivity contribution in [2.45, 2.75) is 39.7 Å². The third kappa shape index (κ3) is 3.45. The molecule has 1 amide bonds. The second-order valence-corrected chi connectivity index (χ2v) is 6.40. The Morgan fingerprint density at radius 3 is 2.54 bits per heavy atom. The number of aromatic nitrogens is 2. The molecule has 1 heterocycles. The molecule has 24 heavy (non-hydrogen) atoms. The molecule has 128 valence electrons. The Balaban J connectivity index is 2.36. The van der Waals surface area contributed by atoms with E-state index in [1.807, 2.05) is 27.7 Å². The van der Waals surface area contributed by atoms with Crippen molar-refractivity contribution in [2.75, 3.05) is 5.32 Å². The number of hydrogen-bond donors (Lipinski definition) is 2. The zero-order chi connectivity index (χ0) is 18.1. The average molecular weight is 333 g/mol. The third-order valence-corrected chi connectivity index (χ3v) is 3.55. The Labute approximate surface area is 139 Å². The molecule has 0 atom stereocenters. The van der Waals surface area contributed by atoms with Gasteiger partial charge in [0.2, 0.25) is 0 Å². The largest absolute Gasteiger partial charge is 0.478 e. The second kappa shape index (κ2) is 6.43. The molecule has 6 nitrogen and oxygen atoms in total. The third-order valence-electron chi connectivity index (χ3n) is 3.55. The molecule has 0 radical (unpaired) electrons. The van der Waals surface area contributed by atoms with Crippen LogP contribution in [0.4, 0.5) is 10.1 Å². The zero-order valence-electron chi connectivity index (χ0n) is 14.1. The molecule has 7 heteroatoms. The number of anilines is 1. The Hall–Kier alpha value is -2.70. The number of carbonyl (C=O) groups is 2. The summed E-state index contributed by atoms with van der Waals surface area (Å²) < 4.78 is 15.6. The smallest absolute Gasteiger partial charge is 0.335 e. The summed E-state index contributed by atoms with van der Waals surface area (Å²) in [5.41, 5.74) is 0.499. The molecule has 0 aliphatic carbocycles. The lowest BCUT2D eigenvalue weighted by Crippen LogP contribution is -2.26. The van der Waals surface area contributed by atoms with Crippen LogP contribution in [0, 0.1) is 5.82 Å². The molecule has 1 aromatic carbocycles. The summed E-state index contributed by atoms with van der Waals surface area (Å²) >= 11 is 0. The van der Waals surface area contributed by atoms with Gasteiger partial charge in [-0.05, 0) is 45.4 Å². The lowest BCUT2D eigenvalue weighted by Gasteiger charge is -2.22. The Morgan fingerprint density at radius 1 is 1.33 bits per heavy atom.